The lowest BCUT2D eigenvalue weighted by Crippen LogP contribution is -2.30. The summed E-state index contributed by atoms with van der Waals surface area (Å²) in [5.41, 5.74) is 4.53. The van der Waals surface area contributed by atoms with Gasteiger partial charge in [-0.2, -0.15) is 0 Å². The van der Waals surface area contributed by atoms with Gasteiger partial charge in [0.2, 0.25) is 0 Å². The first kappa shape index (κ1) is 17.2. The van der Waals surface area contributed by atoms with Gasteiger partial charge in [0.1, 0.15) is 5.82 Å². The van der Waals surface area contributed by atoms with Crippen molar-refractivity contribution in [1.29, 1.82) is 0 Å². The van der Waals surface area contributed by atoms with Gasteiger partial charge in [0.05, 0.1) is 5.69 Å². The second-order valence-electron chi connectivity index (χ2n) is 6.83. The Morgan fingerprint density at radius 2 is 1.96 bits per heavy atom. The molecule has 0 aromatic heterocycles. The van der Waals surface area contributed by atoms with E-state index in [0.29, 0.717) is 11.7 Å². The topological polar surface area (TPSA) is 15.3 Å². The van der Waals surface area contributed by atoms with Crippen LogP contribution in [0.2, 0.25) is 0 Å². The van der Waals surface area contributed by atoms with E-state index in [1.165, 1.54) is 36.5 Å². The van der Waals surface area contributed by atoms with Crippen LogP contribution < -0.4 is 10.2 Å². The lowest BCUT2D eigenvalue weighted by molar-refractivity contribution is 0.453. The van der Waals surface area contributed by atoms with E-state index in [1.807, 2.05) is 24.1 Å². The zero-order valence-electron chi connectivity index (χ0n) is 14.0. The Hall–Kier alpha value is -1.58. The minimum absolute atomic E-state index is 0. The van der Waals surface area contributed by atoms with Gasteiger partial charge in [-0.1, -0.05) is 31.0 Å². The average Bonchev–Trinajstić information content (AvgIpc) is 3.39. The Morgan fingerprint density at radius 3 is 2.71 bits per heavy atom. The number of anilines is 2. The van der Waals surface area contributed by atoms with Crippen molar-refractivity contribution in [3.05, 3.63) is 59.4 Å². The number of nitrogens with zero attached hydrogens (tertiary/aromatic N) is 1. The van der Waals surface area contributed by atoms with Crippen molar-refractivity contribution in [2.75, 3.05) is 18.5 Å². The first-order chi connectivity index (χ1) is 11.2. The Bertz CT molecular complexity index is 715. The van der Waals surface area contributed by atoms with Crippen LogP contribution in [0.25, 0.3) is 0 Å². The van der Waals surface area contributed by atoms with Gasteiger partial charge < -0.3 is 10.2 Å². The van der Waals surface area contributed by atoms with Crippen LogP contribution in [0.1, 0.15) is 36.4 Å². The first-order valence-electron chi connectivity index (χ1n) is 8.57. The summed E-state index contributed by atoms with van der Waals surface area (Å²) in [5, 5.41) is 3.67. The quantitative estimate of drug-likeness (QED) is 0.837. The van der Waals surface area contributed by atoms with Crippen LogP contribution in [0.5, 0.6) is 0 Å². The third-order valence-electron chi connectivity index (χ3n) is 5.16. The Morgan fingerprint density at radius 1 is 1.17 bits per heavy atom. The number of rotatable bonds is 4. The van der Waals surface area contributed by atoms with Gasteiger partial charge in [-0.05, 0) is 60.7 Å². The van der Waals surface area contributed by atoms with Crippen molar-refractivity contribution in [2.24, 2.45) is 5.92 Å². The lowest BCUT2D eigenvalue weighted by Gasteiger charge is -2.29. The Kier molecular flexibility index (Phi) is 5.12. The number of fused-ring (bicyclic) bond motifs is 1. The van der Waals surface area contributed by atoms with Gasteiger partial charge in [-0.15, -0.1) is 12.4 Å². The van der Waals surface area contributed by atoms with Gasteiger partial charge in [-0.25, -0.2) is 4.39 Å². The molecule has 2 aromatic rings. The Balaban J connectivity index is 0.00000169. The summed E-state index contributed by atoms with van der Waals surface area (Å²) in [7, 11) is 1.94. The number of hydrogen-bond donors (Lipinski definition) is 1. The van der Waals surface area contributed by atoms with E-state index in [1.54, 1.807) is 6.07 Å². The summed E-state index contributed by atoms with van der Waals surface area (Å²) >= 11 is 0. The van der Waals surface area contributed by atoms with Crippen molar-refractivity contribution in [3.8, 4) is 0 Å². The van der Waals surface area contributed by atoms with Crippen LogP contribution in [-0.2, 0) is 6.42 Å². The van der Waals surface area contributed by atoms with Gasteiger partial charge in [0.15, 0.2) is 0 Å². The van der Waals surface area contributed by atoms with Gasteiger partial charge in [0.25, 0.3) is 0 Å². The molecule has 1 saturated carbocycles. The molecule has 0 amide bonds. The largest absolute Gasteiger partial charge is 0.342 e. The first-order valence-corrected chi connectivity index (χ1v) is 8.57. The van der Waals surface area contributed by atoms with Crippen molar-refractivity contribution in [1.82, 2.24) is 5.32 Å². The molecule has 4 rings (SSSR count). The number of halogens is 2. The van der Waals surface area contributed by atoms with E-state index < -0.39 is 0 Å². The summed E-state index contributed by atoms with van der Waals surface area (Å²) in [4.78, 5) is 1.94. The van der Waals surface area contributed by atoms with Crippen LogP contribution in [0.15, 0.2) is 42.5 Å². The van der Waals surface area contributed by atoms with E-state index in [0.717, 1.165) is 24.6 Å². The summed E-state index contributed by atoms with van der Waals surface area (Å²) in [6, 6.07) is 14.0. The third kappa shape index (κ3) is 3.42. The molecular formula is C20H24ClFN2. The van der Waals surface area contributed by atoms with Crippen LogP contribution in [0.4, 0.5) is 15.8 Å². The van der Waals surface area contributed by atoms with Crippen molar-refractivity contribution >= 4 is 23.8 Å². The van der Waals surface area contributed by atoms with Crippen LogP contribution in [-0.4, -0.2) is 13.6 Å². The minimum atomic E-state index is -0.180. The molecule has 1 aliphatic heterocycles. The SMILES string of the molecule is CN(c1ccc2c(c1)C(CC1CC1)NCC2)c1ccccc1F.Cl. The molecule has 0 spiro atoms. The number of para-hydroxylation sites is 1. The molecule has 2 aromatic carbocycles. The van der Waals surface area contributed by atoms with Gasteiger partial charge in [0, 0.05) is 18.8 Å². The summed E-state index contributed by atoms with van der Waals surface area (Å²) in [5.74, 6) is 0.715. The fourth-order valence-electron chi connectivity index (χ4n) is 3.59. The molecule has 1 fully saturated rings. The van der Waals surface area contributed by atoms with E-state index in [9.17, 15) is 4.39 Å². The highest BCUT2D eigenvalue weighted by atomic mass is 35.5. The smallest absolute Gasteiger partial charge is 0.146 e. The molecule has 0 bridgehead atoms. The molecule has 1 unspecified atom stereocenters. The highest BCUT2D eigenvalue weighted by molar-refractivity contribution is 5.85. The summed E-state index contributed by atoms with van der Waals surface area (Å²) < 4.78 is 14.1. The molecular weight excluding hydrogens is 323 g/mol. The number of hydrogen-bond acceptors (Lipinski definition) is 2. The van der Waals surface area contributed by atoms with E-state index >= 15 is 0 Å². The standard InChI is InChI=1S/C20H23FN2.ClH/c1-23(20-5-3-2-4-18(20)21)16-9-8-15-10-11-22-19(17(15)13-16)12-14-6-7-14;/h2-5,8-9,13-14,19,22H,6-7,10-12H2,1H3;1H. The highest BCUT2D eigenvalue weighted by Crippen LogP contribution is 2.40. The fourth-order valence-corrected chi connectivity index (χ4v) is 3.59. The molecule has 0 saturated heterocycles. The molecule has 128 valence electrons. The molecule has 2 aliphatic rings. The molecule has 24 heavy (non-hydrogen) atoms. The number of benzene rings is 2. The predicted molar refractivity (Wildman–Crippen MR) is 99.9 cm³/mol. The molecule has 4 heteroatoms. The predicted octanol–water partition coefficient (Wildman–Crippen LogP) is 5.00. The lowest BCUT2D eigenvalue weighted by atomic mass is 9.90. The molecule has 1 heterocycles. The van der Waals surface area contributed by atoms with Gasteiger partial charge in [-0.3, -0.25) is 0 Å². The third-order valence-corrected chi connectivity index (χ3v) is 5.16. The Labute approximate surface area is 149 Å². The molecule has 0 radical (unpaired) electrons. The molecule has 2 nitrogen and oxygen atoms in total. The molecule has 1 atom stereocenters. The van der Waals surface area contributed by atoms with Gasteiger partial charge >= 0.3 is 0 Å². The van der Waals surface area contributed by atoms with Crippen LogP contribution in [0, 0.1) is 11.7 Å². The monoisotopic (exact) mass is 346 g/mol. The van der Waals surface area contributed by atoms with E-state index in [4.69, 9.17) is 0 Å². The van der Waals surface area contributed by atoms with Crippen molar-refractivity contribution in [3.63, 3.8) is 0 Å². The maximum absolute atomic E-state index is 14.1. The van der Waals surface area contributed by atoms with Crippen LogP contribution in [0.3, 0.4) is 0 Å². The maximum Gasteiger partial charge on any atom is 0.146 e. The maximum atomic E-state index is 14.1. The second kappa shape index (κ2) is 7.12. The second-order valence-corrected chi connectivity index (χ2v) is 6.83. The van der Waals surface area contributed by atoms with Crippen LogP contribution >= 0.6 is 12.4 Å². The highest BCUT2D eigenvalue weighted by Gasteiger charge is 2.29. The van der Waals surface area contributed by atoms with E-state index in [2.05, 4.69) is 23.5 Å². The van der Waals surface area contributed by atoms with Crippen molar-refractivity contribution in [2.45, 2.75) is 31.7 Å². The summed E-state index contributed by atoms with van der Waals surface area (Å²) in [6.07, 6.45) is 5.07. The molecule has 1 aliphatic carbocycles. The zero-order chi connectivity index (χ0) is 15.8. The normalized spacial score (nSPS) is 19.3. The molecule has 1 N–H and O–H groups in total. The van der Waals surface area contributed by atoms with Crippen molar-refractivity contribution < 1.29 is 4.39 Å². The summed E-state index contributed by atoms with van der Waals surface area (Å²) in [6.45, 7) is 1.06. The zero-order valence-corrected chi connectivity index (χ0v) is 14.8. The fraction of sp³-hybridized carbons (Fsp3) is 0.400. The minimum Gasteiger partial charge on any atom is -0.342 e. The number of nitrogens with one attached hydrogen (secondary N) is 1. The average molecular weight is 347 g/mol. The van der Waals surface area contributed by atoms with E-state index in [-0.39, 0.29) is 18.2 Å².